The minimum Gasteiger partial charge on any atom is -0.496 e. The molecule has 0 saturated heterocycles. The van der Waals surface area contributed by atoms with Crippen molar-refractivity contribution in [3.8, 4) is 5.75 Å². The maximum absolute atomic E-state index is 10.7. The predicted molar refractivity (Wildman–Crippen MR) is 74.5 cm³/mol. The molecule has 0 aliphatic carbocycles. The van der Waals surface area contributed by atoms with Crippen LogP contribution in [0, 0.1) is 13.8 Å². The summed E-state index contributed by atoms with van der Waals surface area (Å²) in [5.74, 6) is 0.718. The molecule has 1 aromatic rings. The van der Waals surface area contributed by atoms with E-state index in [9.17, 15) is 5.11 Å². The summed E-state index contributed by atoms with van der Waals surface area (Å²) in [4.78, 5) is 0. The van der Waals surface area contributed by atoms with Crippen LogP contribution in [0.25, 0.3) is 0 Å². The molecule has 0 fully saturated rings. The van der Waals surface area contributed by atoms with E-state index in [0.717, 1.165) is 22.4 Å². The van der Waals surface area contributed by atoms with Gasteiger partial charge in [0.05, 0.1) is 12.7 Å². The average molecular weight is 268 g/mol. The minimum atomic E-state index is -1.08. The fourth-order valence-corrected chi connectivity index (χ4v) is 2.17. The number of aliphatic hydroxyl groups is 1. The molecule has 4 nitrogen and oxygen atoms in total. The molecule has 0 aliphatic heterocycles. The second-order valence-electron chi connectivity index (χ2n) is 4.97. The van der Waals surface area contributed by atoms with Crippen molar-refractivity contribution in [2.24, 2.45) is 0 Å². The highest BCUT2D eigenvalue weighted by Gasteiger charge is 2.31. The van der Waals surface area contributed by atoms with Crippen molar-refractivity contribution in [1.82, 2.24) is 0 Å². The summed E-state index contributed by atoms with van der Waals surface area (Å²) in [6, 6.07) is 3.87. The van der Waals surface area contributed by atoms with E-state index >= 15 is 0 Å². The third-order valence-electron chi connectivity index (χ3n) is 3.55. The van der Waals surface area contributed by atoms with Crippen molar-refractivity contribution < 1.29 is 19.3 Å². The van der Waals surface area contributed by atoms with E-state index in [2.05, 4.69) is 0 Å². The van der Waals surface area contributed by atoms with E-state index < -0.39 is 11.9 Å². The molecule has 0 spiro atoms. The van der Waals surface area contributed by atoms with Crippen molar-refractivity contribution >= 4 is 0 Å². The third kappa shape index (κ3) is 3.47. The molecule has 4 heteroatoms. The first-order valence-corrected chi connectivity index (χ1v) is 6.30. The highest BCUT2D eigenvalue weighted by Crippen LogP contribution is 2.37. The first kappa shape index (κ1) is 16.0. The summed E-state index contributed by atoms with van der Waals surface area (Å²) in [6.45, 7) is 5.74. The van der Waals surface area contributed by atoms with Gasteiger partial charge in [0.1, 0.15) is 5.75 Å². The first-order valence-electron chi connectivity index (χ1n) is 6.30. The maximum Gasteiger partial charge on any atom is 0.159 e. The molecule has 0 radical (unpaired) electrons. The lowest BCUT2D eigenvalue weighted by atomic mass is 9.88. The van der Waals surface area contributed by atoms with Crippen molar-refractivity contribution in [3.05, 3.63) is 28.8 Å². The largest absolute Gasteiger partial charge is 0.496 e. The minimum absolute atomic E-state index is 0.332. The lowest BCUT2D eigenvalue weighted by Gasteiger charge is -2.29. The summed E-state index contributed by atoms with van der Waals surface area (Å²) in [5, 5.41) is 10.7. The van der Waals surface area contributed by atoms with Gasteiger partial charge in [-0.3, -0.25) is 0 Å². The summed E-state index contributed by atoms with van der Waals surface area (Å²) < 4.78 is 15.8. The van der Waals surface area contributed by atoms with E-state index in [-0.39, 0.29) is 0 Å². The smallest absolute Gasteiger partial charge is 0.159 e. The van der Waals surface area contributed by atoms with E-state index in [1.54, 1.807) is 28.3 Å². The van der Waals surface area contributed by atoms with Gasteiger partial charge in [0.25, 0.3) is 0 Å². The van der Waals surface area contributed by atoms with E-state index in [1.807, 2.05) is 26.0 Å². The topological polar surface area (TPSA) is 47.9 Å². The second-order valence-corrected chi connectivity index (χ2v) is 4.97. The molecule has 0 amide bonds. The van der Waals surface area contributed by atoms with Crippen LogP contribution in [0.3, 0.4) is 0 Å². The van der Waals surface area contributed by atoms with Gasteiger partial charge in [-0.2, -0.15) is 0 Å². The van der Waals surface area contributed by atoms with Gasteiger partial charge in [-0.1, -0.05) is 12.1 Å². The molecule has 0 aliphatic rings. The average Bonchev–Trinajstić information content (AvgIpc) is 2.38. The number of ether oxygens (including phenoxy) is 3. The Kier molecular flexibility index (Phi) is 5.35. The molecule has 0 aromatic heterocycles. The maximum atomic E-state index is 10.7. The molecule has 1 atom stereocenters. The monoisotopic (exact) mass is 268 g/mol. The van der Waals surface area contributed by atoms with Crippen molar-refractivity contribution in [3.63, 3.8) is 0 Å². The molecule has 0 saturated carbocycles. The number of methoxy groups -OCH3 is 3. The summed E-state index contributed by atoms with van der Waals surface area (Å²) in [7, 11) is 4.73. The van der Waals surface area contributed by atoms with Crippen molar-refractivity contribution in [1.29, 1.82) is 0 Å². The van der Waals surface area contributed by atoms with E-state index in [4.69, 9.17) is 14.2 Å². The van der Waals surface area contributed by atoms with Crippen LogP contribution in [0.2, 0.25) is 0 Å². The molecule has 1 unspecified atom stereocenters. The molecule has 1 rings (SSSR count). The van der Waals surface area contributed by atoms with Crippen LogP contribution in [0.1, 0.15) is 30.0 Å². The van der Waals surface area contributed by atoms with Gasteiger partial charge in [-0.25, -0.2) is 0 Å². The van der Waals surface area contributed by atoms with Gasteiger partial charge in [-0.05, 0) is 31.9 Å². The Balaban J connectivity index is 3.17. The van der Waals surface area contributed by atoms with Crippen LogP contribution in [0.4, 0.5) is 0 Å². The lowest BCUT2D eigenvalue weighted by molar-refractivity contribution is -0.142. The number of rotatable bonds is 6. The Hall–Kier alpha value is -1.10. The van der Waals surface area contributed by atoms with Gasteiger partial charge in [0, 0.05) is 26.2 Å². The molecule has 1 N–H and O–H groups in total. The standard InChI is InChI=1S/C15H24O4/c1-10-7-8-12(14(19-6)11(10)2)15(3,16)9-13(17-4)18-5/h7-8,13,16H,9H2,1-6H3. The molecular weight excluding hydrogens is 244 g/mol. The molecule has 0 bridgehead atoms. The molecule has 19 heavy (non-hydrogen) atoms. The number of hydrogen-bond acceptors (Lipinski definition) is 4. The van der Waals surface area contributed by atoms with Crippen LogP contribution >= 0.6 is 0 Å². The number of aryl methyl sites for hydroxylation is 1. The summed E-state index contributed by atoms with van der Waals surface area (Å²) >= 11 is 0. The Morgan fingerprint density at radius 3 is 2.21 bits per heavy atom. The highest BCUT2D eigenvalue weighted by atomic mass is 16.7. The Morgan fingerprint density at radius 2 is 1.74 bits per heavy atom. The lowest BCUT2D eigenvalue weighted by Crippen LogP contribution is -2.30. The van der Waals surface area contributed by atoms with Gasteiger partial charge in [-0.15, -0.1) is 0 Å². The van der Waals surface area contributed by atoms with Crippen LogP contribution in [0.5, 0.6) is 5.75 Å². The van der Waals surface area contributed by atoms with Crippen LogP contribution in [0.15, 0.2) is 12.1 Å². The zero-order valence-corrected chi connectivity index (χ0v) is 12.6. The first-order chi connectivity index (χ1) is 8.87. The van der Waals surface area contributed by atoms with Crippen LogP contribution in [-0.2, 0) is 15.1 Å². The fraction of sp³-hybridized carbons (Fsp3) is 0.600. The molecular formula is C15H24O4. The fourth-order valence-electron chi connectivity index (χ4n) is 2.17. The van der Waals surface area contributed by atoms with Crippen molar-refractivity contribution in [2.75, 3.05) is 21.3 Å². The second kappa shape index (κ2) is 6.37. The van der Waals surface area contributed by atoms with Gasteiger partial charge >= 0.3 is 0 Å². The summed E-state index contributed by atoms with van der Waals surface area (Å²) in [6.07, 6.45) is -0.125. The van der Waals surface area contributed by atoms with Gasteiger partial charge in [0.15, 0.2) is 6.29 Å². The number of benzene rings is 1. The predicted octanol–water partition coefficient (Wildman–Crippen LogP) is 2.53. The van der Waals surface area contributed by atoms with Crippen LogP contribution in [-0.4, -0.2) is 32.7 Å². The normalized spacial score (nSPS) is 14.5. The van der Waals surface area contributed by atoms with Gasteiger partial charge < -0.3 is 19.3 Å². The van der Waals surface area contributed by atoms with Gasteiger partial charge in [0.2, 0.25) is 0 Å². The Bertz CT molecular complexity index is 422. The summed E-state index contributed by atoms with van der Waals surface area (Å²) in [5.41, 5.74) is 1.83. The third-order valence-corrected chi connectivity index (χ3v) is 3.55. The zero-order valence-electron chi connectivity index (χ0n) is 12.6. The highest BCUT2D eigenvalue weighted by molar-refractivity contribution is 5.47. The van der Waals surface area contributed by atoms with E-state index in [1.165, 1.54) is 0 Å². The number of hydrogen-bond donors (Lipinski definition) is 1. The zero-order chi connectivity index (χ0) is 14.6. The molecule has 108 valence electrons. The molecule has 1 aromatic carbocycles. The van der Waals surface area contributed by atoms with Crippen LogP contribution < -0.4 is 4.74 Å². The van der Waals surface area contributed by atoms with Crippen molar-refractivity contribution in [2.45, 2.75) is 39.1 Å². The SMILES string of the molecule is COc1c(C(C)(O)CC(OC)OC)ccc(C)c1C. The Morgan fingerprint density at radius 1 is 1.16 bits per heavy atom. The Labute approximate surface area is 115 Å². The van der Waals surface area contributed by atoms with E-state index in [0.29, 0.717) is 6.42 Å². The molecule has 0 heterocycles. The quantitative estimate of drug-likeness (QED) is 0.805.